The van der Waals surface area contributed by atoms with E-state index in [-0.39, 0.29) is 13.2 Å². The van der Waals surface area contributed by atoms with Crippen molar-refractivity contribution < 1.29 is 52.7 Å². The monoisotopic (exact) mass is 402 g/mol. The molecule has 0 radical (unpaired) electrons. The predicted molar refractivity (Wildman–Crippen MR) is 88.2 cm³/mol. The second kappa shape index (κ2) is 11.2. The second-order valence-electron chi connectivity index (χ2n) is 5.66. The van der Waals surface area contributed by atoms with E-state index in [1.807, 2.05) is 0 Å². The Bertz CT molecular complexity index is 623. The number of aliphatic hydroxyl groups excluding tert-OH is 1. The van der Waals surface area contributed by atoms with Crippen LogP contribution in [0.5, 0.6) is 0 Å². The zero-order chi connectivity index (χ0) is 21.3. The van der Waals surface area contributed by atoms with Gasteiger partial charge in [0.15, 0.2) is 25.1 Å². The number of hydrogen-bond acceptors (Lipinski definition) is 11. The zero-order valence-electron chi connectivity index (χ0n) is 15.6. The molecule has 1 N–H and O–H groups in total. The zero-order valence-corrected chi connectivity index (χ0v) is 15.6. The van der Waals surface area contributed by atoms with Gasteiger partial charge in [-0.05, 0) is 0 Å². The second-order valence-corrected chi connectivity index (χ2v) is 5.66. The van der Waals surface area contributed by atoms with Gasteiger partial charge in [-0.2, -0.15) is 0 Å². The Labute approximate surface area is 161 Å². The lowest BCUT2D eigenvalue weighted by Crippen LogP contribution is -2.62. The number of aliphatic hydroxyl groups is 1. The number of esters is 4. The van der Waals surface area contributed by atoms with Crippen molar-refractivity contribution in [3.05, 3.63) is 0 Å². The maximum Gasteiger partial charge on any atom is 0.333 e. The van der Waals surface area contributed by atoms with E-state index in [9.17, 15) is 24.3 Å². The molecule has 1 saturated heterocycles. The summed E-state index contributed by atoms with van der Waals surface area (Å²) in [4.78, 5) is 45.5. The molecule has 0 aromatic carbocycles. The van der Waals surface area contributed by atoms with Gasteiger partial charge in [-0.25, -0.2) is 4.79 Å². The molecule has 156 valence electrons. The summed E-state index contributed by atoms with van der Waals surface area (Å²) in [6.07, 6.45) is -1.96. The van der Waals surface area contributed by atoms with Crippen LogP contribution in [-0.4, -0.2) is 79.5 Å². The average molecular weight is 402 g/mol. The van der Waals surface area contributed by atoms with Gasteiger partial charge in [-0.1, -0.05) is 5.92 Å². The Morgan fingerprint density at radius 3 is 2.14 bits per heavy atom. The van der Waals surface area contributed by atoms with Gasteiger partial charge in [0.25, 0.3) is 0 Å². The molecule has 0 aromatic heterocycles. The van der Waals surface area contributed by atoms with Crippen LogP contribution in [-0.2, 0) is 47.6 Å². The summed E-state index contributed by atoms with van der Waals surface area (Å²) < 4.78 is 30.3. The fraction of sp³-hybridized carbons (Fsp3) is 0.647. The van der Waals surface area contributed by atoms with Crippen LogP contribution in [0.25, 0.3) is 0 Å². The summed E-state index contributed by atoms with van der Waals surface area (Å²) in [5, 5.41) is 10.4. The number of ether oxygens (including phenoxy) is 6. The summed E-state index contributed by atoms with van der Waals surface area (Å²) in [7, 11) is 0. The number of carbonyl (C=O) groups excluding carboxylic acids is 4. The van der Waals surface area contributed by atoms with E-state index in [2.05, 4.69) is 10.7 Å². The standard InChI is InChI=1S/C17H22O11/c1-5-6-23-13(21)8-25-17-14(22)16(27-11(4)20)15(26-10(3)19)12(28-17)7-24-9(2)18/h1,12,14-17,22H,6-8H2,2-4H3/t12-,14-,15-,16-,17+/m1/s1. The molecule has 1 aliphatic heterocycles. The van der Waals surface area contributed by atoms with Crippen LogP contribution in [0.1, 0.15) is 20.8 Å². The van der Waals surface area contributed by atoms with Crippen LogP contribution in [0, 0.1) is 12.3 Å². The van der Waals surface area contributed by atoms with Gasteiger partial charge in [-0.3, -0.25) is 14.4 Å². The molecule has 1 rings (SSSR count). The number of terminal acetylenes is 1. The molecule has 0 spiro atoms. The quantitative estimate of drug-likeness (QED) is 0.293. The van der Waals surface area contributed by atoms with Gasteiger partial charge in [-0.15, -0.1) is 6.42 Å². The van der Waals surface area contributed by atoms with E-state index in [1.54, 1.807) is 0 Å². The van der Waals surface area contributed by atoms with Gasteiger partial charge in [0.05, 0.1) is 0 Å². The first-order valence-electron chi connectivity index (χ1n) is 8.17. The van der Waals surface area contributed by atoms with Crippen molar-refractivity contribution in [3.63, 3.8) is 0 Å². The van der Waals surface area contributed by atoms with Gasteiger partial charge in [0, 0.05) is 20.8 Å². The van der Waals surface area contributed by atoms with Crippen LogP contribution in [0.2, 0.25) is 0 Å². The molecule has 0 aromatic rings. The molecule has 0 unspecified atom stereocenters. The van der Waals surface area contributed by atoms with Crippen molar-refractivity contribution in [1.29, 1.82) is 0 Å². The Morgan fingerprint density at radius 1 is 1.00 bits per heavy atom. The van der Waals surface area contributed by atoms with Crippen LogP contribution in [0.4, 0.5) is 0 Å². The van der Waals surface area contributed by atoms with Crippen molar-refractivity contribution in [2.45, 2.75) is 51.5 Å². The van der Waals surface area contributed by atoms with E-state index < -0.39 is 61.2 Å². The minimum absolute atomic E-state index is 0.268. The Morgan fingerprint density at radius 2 is 1.61 bits per heavy atom. The molecule has 1 heterocycles. The smallest absolute Gasteiger partial charge is 0.333 e. The third-order valence-corrected chi connectivity index (χ3v) is 3.35. The minimum Gasteiger partial charge on any atom is -0.463 e. The van der Waals surface area contributed by atoms with Crippen molar-refractivity contribution >= 4 is 23.9 Å². The van der Waals surface area contributed by atoms with Gasteiger partial charge >= 0.3 is 23.9 Å². The Hall–Kier alpha value is -2.68. The fourth-order valence-electron chi connectivity index (χ4n) is 2.34. The van der Waals surface area contributed by atoms with E-state index >= 15 is 0 Å². The third kappa shape index (κ3) is 7.51. The first-order chi connectivity index (χ1) is 13.1. The molecule has 0 saturated carbocycles. The lowest BCUT2D eigenvalue weighted by Gasteiger charge is -2.42. The van der Waals surface area contributed by atoms with Crippen LogP contribution < -0.4 is 0 Å². The fourth-order valence-corrected chi connectivity index (χ4v) is 2.34. The molecular formula is C17H22O11. The number of hydrogen-bond donors (Lipinski definition) is 1. The molecule has 11 heteroatoms. The molecule has 5 atom stereocenters. The molecule has 1 fully saturated rings. The number of carbonyl (C=O) groups is 4. The highest BCUT2D eigenvalue weighted by Gasteiger charge is 2.50. The van der Waals surface area contributed by atoms with Gasteiger partial charge in [0.2, 0.25) is 0 Å². The maximum atomic E-state index is 11.5. The highest BCUT2D eigenvalue weighted by molar-refractivity contribution is 5.71. The largest absolute Gasteiger partial charge is 0.463 e. The topological polar surface area (TPSA) is 144 Å². The first kappa shape index (κ1) is 23.4. The lowest BCUT2D eigenvalue weighted by atomic mass is 9.98. The Kier molecular flexibility index (Phi) is 9.37. The minimum atomic E-state index is -1.62. The lowest BCUT2D eigenvalue weighted by molar-refractivity contribution is -0.304. The van der Waals surface area contributed by atoms with Crippen LogP contribution in [0.15, 0.2) is 0 Å². The van der Waals surface area contributed by atoms with Crippen molar-refractivity contribution in [2.75, 3.05) is 19.8 Å². The van der Waals surface area contributed by atoms with E-state index in [0.717, 1.165) is 20.8 Å². The van der Waals surface area contributed by atoms with Gasteiger partial charge in [0.1, 0.15) is 25.4 Å². The maximum absolute atomic E-state index is 11.5. The molecule has 11 nitrogen and oxygen atoms in total. The van der Waals surface area contributed by atoms with Crippen molar-refractivity contribution in [2.24, 2.45) is 0 Å². The summed E-state index contributed by atoms with van der Waals surface area (Å²) in [5.41, 5.74) is 0. The molecule has 28 heavy (non-hydrogen) atoms. The summed E-state index contributed by atoms with van der Waals surface area (Å²) in [5.74, 6) is -0.891. The molecule has 0 aliphatic carbocycles. The molecule has 1 aliphatic rings. The van der Waals surface area contributed by atoms with E-state index in [4.69, 9.17) is 30.1 Å². The molecular weight excluding hydrogens is 380 g/mol. The predicted octanol–water partition coefficient (Wildman–Crippen LogP) is -1.31. The van der Waals surface area contributed by atoms with Crippen molar-refractivity contribution in [1.82, 2.24) is 0 Å². The van der Waals surface area contributed by atoms with E-state index in [0.29, 0.717) is 0 Å². The normalized spacial score (nSPS) is 26.5. The SMILES string of the molecule is C#CCOC(=O)CO[C@H]1O[C@H](COC(C)=O)[C@@H](OC(C)=O)[C@H](OC(C)=O)[C@H]1O. The summed E-state index contributed by atoms with van der Waals surface area (Å²) in [6, 6.07) is 0. The molecule has 0 bridgehead atoms. The first-order valence-corrected chi connectivity index (χ1v) is 8.17. The highest BCUT2D eigenvalue weighted by Crippen LogP contribution is 2.27. The summed E-state index contributed by atoms with van der Waals surface area (Å²) >= 11 is 0. The third-order valence-electron chi connectivity index (χ3n) is 3.35. The van der Waals surface area contributed by atoms with E-state index in [1.165, 1.54) is 0 Å². The van der Waals surface area contributed by atoms with Gasteiger partial charge < -0.3 is 33.5 Å². The average Bonchev–Trinajstić information content (AvgIpc) is 2.60. The molecule has 0 amide bonds. The Balaban J connectivity index is 2.97. The number of rotatable bonds is 8. The highest BCUT2D eigenvalue weighted by atomic mass is 16.7. The summed E-state index contributed by atoms with van der Waals surface area (Å²) in [6.45, 7) is 2.05. The van der Waals surface area contributed by atoms with Crippen LogP contribution >= 0.6 is 0 Å². The van der Waals surface area contributed by atoms with Crippen molar-refractivity contribution in [3.8, 4) is 12.3 Å². The van der Waals surface area contributed by atoms with Crippen LogP contribution in [0.3, 0.4) is 0 Å².